The van der Waals surface area contributed by atoms with Crippen molar-refractivity contribution in [1.29, 1.82) is 0 Å². The van der Waals surface area contributed by atoms with Gasteiger partial charge in [0, 0.05) is 31.7 Å². The Kier molecular flexibility index (Phi) is 5.02. The highest BCUT2D eigenvalue weighted by molar-refractivity contribution is 5.94. The second-order valence-corrected chi connectivity index (χ2v) is 7.99. The lowest BCUT2D eigenvalue weighted by Gasteiger charge is -2.32. The number of ether oxygens (including phenoxy) is 1. The zero-order valence-electron chi connectivity index (χ0n) is 15.5. The van der Waals surface area contributed by atoms with E-state index in [1.807, 2.05) is 43.9 Å². The fourth-order valence-corrected chi connectivity index (χ4v) is 3.45. The van der Waals surface area contributed by atoms with E-state index in [4.69, 9.17) is 4.74 Å². The number of hydrogen-bond acceptors (Lipinski definition) is 3. The summed E-state index contributed by atoms with van der Waals surface area (Å²) in [4.78, 5) is 28.6. The van der Waals surface area contributed by atoms with Crippen molar-refractivity contribution in [2.75, 3.05) is 19.6 Å². The molecular formula is C20H28N2O3. The number of fused-ring (bicyclic) bond motifs is 1. The fraction of sp³-hybridized carbons (Fsp3) is 0.600. The first-order valence-corrected chi connectivity index (χ1v) is 9.22. The lowest BCUT2D eigenvalue weighted by Crippen LogP contribution is -2.40. The number of carbonyl (C=O) groups excluding carboxylic acids is 2. The Balaban J connectivity index is 1.69. The first-order valence-electron chi connectivity index (χ1n) is 9.22. The molecule has 2 amide bonds. The monoisotopic (exact) mass is 344 g/mol. The molecule has 0 unspecified atom stereocenters. The minimum atomic E-state index is -0.484. The van der Waals surface area contributed by atoms with E-state index in [9.17, 15) is 9.59 Å². The molecule has 5 heteroatoms. The van der Waals surface area contributed by atoms with Crippen LogP contribution in [0.3, 0.4) is 0 Å². The SMILES string of the molecule is CC(C)(C)OC(=O)N1CCc2cc(C(=O)N3CCCCC3)ccc2C1. The average molecular weight is 344 g/mol. The summed E-state index contributed by atoms with van der Waals surface area (Å²) in [5.74, 6) is 0.136. The maximum absolute atomic E-state index is 12.7. The Morgan fingerprint density at radius 2 is 1.68 bits per heavy atom. The van der Waals surface area contributed by atoms with E-state index in [0.717, 1.165) is 43.5 Å². The van der Waals surface area contributed by atoms with Gasteiger partial charge in [-0.1, -0.05) is 6.07 Å². The van der Waals surface area contributed by atoms with Crippen molar-refractivity contribution < 1.29 is 14.3 Å². The molecule has 0 aromatic heterocycles. The van der Waals surface area contributed by atoms with E-state index in [1.165, 1.54) is 12.0 Å². The zero-order valence-corrected chi connectivity index (χ0v) is 15.5. The zero-order chi connectivity index (χ0) is 18.0. The Morgan fingerprint density at radius 3 is 2.36 bits per heavy atom. The average Bonchev–Trinajstić information content (AvgIpc) is 2.59. The topological polar surface area (TPSA) is 49.9 Å². The van der Waals surface area contributed by atoms with Crippen LogP contribution in [0.15, 0.2) is 18.2 Å². The van der Waals surface area contributed by atoms with Crippen molar-refractivity contribution in [3.63, 3.8) is 0 Å². The standard InChI is InChI=1S/C20H28N2O3/c1-20(2,3)25-19(24)22-12-9-15-13-16(7-8-17(15)14-22)18(23)21-10-5-4-6-11-21/h7-8,13H,4-6,9-12,14H2,1-3H3. The van der Waals surface area contributed by atoms with Crippen LogP contribution in [0.25, 0.3) is 0 Å². The third kappa shape index (κ3) is 4.33. The number of benzene rings is 1. The van der Waals surface area contributed by atoms with Gasteiger partial charge in [0.15, 0.2) is 0 Å². The highest BCUT2D eigenvalue weighted by Crippen LogP contribution is 2.23. The predicted molar refractivity (Wildman–Crippen MR) is 96.5 cm³/mol. The smallest absolute Gasteiger partial charge is 0.410 e. The largest absolute Gasteiger partial charge is 0.444 e. The lowest BCUT2D eigenvalue weighted by molar-refractivity contribution is 0.0223. The summed E-state index contributed by atoms with van der Waals surface area (Å²) in [5, 5.41) is 0. The maximum atomic E-state index is 12.7. The number of rotatable bonds is 1. The molecule has 2 heterocycles. The Labute approximate surface area is 149 Å². The summed E-state index contributed by atoms with van der Waals surface area (Å²) in [6.45, 7) is 8.53. The van der Waals surface area contributed by atoms with Gasteiger partial charge in [0.1, 0.15) is 5.60 Å². The molecular weight excluding hydrogens is 316 g/mol. The van der Waals surface area contributed by atoms with Gasteiger partial charge >= 0.3 is 6.09 Å². The minimum Gasteiger partial charge on any atom is -0.444 e. The third-order valence-corrected chi connectivity index (χ3v) is 4.76. The van der Waals surface area contributed by atoms with E-state index < -0.39 is 5.60 Å². The van der Waals surface area contributed by atoms with Crippen molar-refractivity contribution in [2.45, 2.75) is 58.6 Å². The van der Waals surface area contributed by atoms with Gasteiger partial charge in [-0.25, -0.2) is 4.79 Å². The number of amides is 2. The molecule has 25 heavy (non-hydrogen) atoms. The minimum absolute atomic E-state index is 0.136. The molecule has 136 valence electrons. The summed E-state index contributed by atoms with van der Waals surface area (Å²) < 4.78 is 5.46. The molecule has 0 radical (unpaired) electrons. The van der Waals surface area contributed by atoms with Crippen molar-refractivity contribution in [1.82, 2.24) is 9.80 Å². The summed E-state index contributed by atoms with van der Waals surface area (Å²) in [5.41, 5.74) is 2.56. The Bertz CT molecular complexity index is 657. The van der Waals surface area contributed by atoms with Crippen LogP contribution in [-0.4, -0.2) is 47.0 Å². The van der Waals surface area contributed by atoms with Crippen LogP contribution >= 0.6 is 0 Å². The number of nitrogens with zero attached hydrogens (tertiary/aromatic N) is 2. The normalized spacial score (nSPS) is 17.9. The highest BCUT2D eigenvalue weighted by atomic mass is 16.6. The van der Waals surface area contributed by atoms with Crippen LogP contribution in [0.2, 0.25) is 0 Å². The number of piperidine rings is 1. The van der Waals surface area contributed by atoms with Gasteiger partial charge in [0.2, 0.25) is 0 Å². The molecule has 1 aromatic rings. The van der Waals surface area contributed by atoms with E-state index >= 15 is 0 Å². The van der Waals surface area contributed by atoms with Crippen LogP contribution in [0, 0.1) is 0 Å². The highest BCUT2D eigenvalue weighted by Gasteiger charge is 2.26. The summed E-state index contributed by atoms with van der Waals surface area (Å²) >= 11 is 0. The van der Waals surface area contributed by atoms with Crippen LogP contribution in [0.4, 0.5) is 4.79 Å². The molecule has 2 aliphatic heterocycles. The fourth-order valence-electron chi connectivity index (χ4n) is 3.45. The van der Waals surface area contributed by atoms with Gasteiger partial charge < -0.3 is 14.5 Å². The van der Waals surface area contributed by atoms with Gasteiger partial charge in [-0.15, -0.1) is 0 Å². The van der Waals surface area contributed by atoms with E-state index in [2.05, 4.69) is 0 Å². The molecule has 0 atom stereocenters. The van der Waals surface area contributed by atoms with Gasteiger partial charge in [-0.3, -0.25) is 4.79 Å². The van der Waals surface area contributed by atoms with Crippen molar-refractivity contribution in [2.24, 2.45) is 0 Å². The van der Waals surface area contributed by atoms with Crippen molar-refractivity contribution in [3.8, 4) is 0 Å². The predicted octanol–water partition coefficient (Wildman–Crippen LogP) is 3.61. The number of likely N-dealkylation sites (tertiary alicyclic amines) is 1. The van der Waals surface area contributed by atoms with Crippen LogP contribution in [-0.2, 0) is 17.7 Å². The van der Waals surface area contributed by atoms with E-state index in [1.54, 1.807) is 4.90 Å². The number of hydrogen-bond donors (Lipinski definition) is 0. The second-order valence-electron chi connectivity index (χ2n) is 7.99. The molecule has 1 saturated heterocycles. The van der Waals surface area contributed by atoms with Gasteiger partial charge in [-0.05, 0) is 69.7 Å². The molecule has 0 bridgehead atoms. The molecule has 0 N–H and O–H groups in total. The molecule has 5 nitrogen and oxygen atoms in total. The quantitative estimate of drug-likeness (QED) is 0.782. The number of carbonyl (C=O) groups is 2. The summed E-state index contributed by atoms with van der Waals surface area (Å²) in [6, 6.07) is 5.90. The molecule has 0 aliphatic carbocycles. The van der Waals surface area contributed by atoms with Crippen molar-refractivity contribution >= 4 is 12.0 Å². The van der Waals surface area contributed by atoms with Gasteiger partial charge in [0.25, 0.3) is 5.91 Å². The molecule has 0 spiro atoms. The van der Waals surface area contributed by atoms with Crippen LogP contribution < -0.4 is 0 Å². The van der Waals surface area contributed by atoms with Crippen LogP contribution in [0.1, 0.15) is 61.5 Å². The van der Waals surface area contributed by atoms with E-state index in [0.29, 0.717) is 13.1 Å². The maximum Gasteiger partial charge on any atom is 0.410 e. The lowest BCUT2D eigenvalue weighted by atomic mass is 9.96. The van der Waals surface area contributed by atoms with Gasteiger partial charge in [-0.2, -0.15) is 0 Å². The molecule has 1 fully saturated rings. The molecule has 2 aliphatic rings. The first-order chi connectivity index (χ1) is 11.8. The van der Waals surface area contributed by atoms with Crippen molar-refractivity contribution in [3.05, 3.63) is 34.9 Å². The Hall–Kier alpha value is -2.04. The second kappa shape index (κ2) is 7.06. The third-order valence-electron chi connectivity index (χ3n) is 4.76. The molecule has 3 rings (SSSR count). The molecule has 1 aromatic carbocycles. The van der Waals surface area contributed by atoms with Crippen LogP contribution in [0.5, 0.6) is 0 Å². The first kappa shape index (κ1) is 17.8. The van der Waals surface area contributed by atoms with Gasteiger partial charge in [0.05, 0.1) is 0 Å². The Morgan fingerprint density at radius 1 is 0.960 bits per heavy atom. The van der Waals surface area contributed by atoms with E-state index in [-0.39, 0.29) is 12.0 Å². The summed E-state index contributed by atoms with van der Waals surface area (Å²) in [7, 11) is 0. The molecule has 0 saturated carbocycles. The summed E-state index contributed by atoms with van der Waals surface area (Å²) in [6.07, 6.45) is 3.90.